The Morgan fingerprint density at radius 1 is 1.30 bits per heavy atom. The van der Waals surface area contributed by atoms with Crippen LogP contribution in [0.3, 0.4) is 0 Å². The van der Waals surface area contributed by atoms with E-state index in [9.17, 15) is 4.79 Å². The van der Waals surface area contributed by atoms with E-state index < -0.39 is 0 Å². The van der Waals surface area contributed by atoms with E-state index in [0.29, 0.717) is 22.9 Å². The van der Waals surface area contributed by atoms with E-state index >= 15 is 0 Å². The number of nitrogen functional groups attached to an aromatic ring is 1. The lowest BCUT2D eigenvalue weighted by Gasteiger charge is -2.12. The third-order valence-corrected chi connectivity index (χ3v) is 2.91. The lowest BCUT2D eigenvalue weighted by atomic mass is 10.2. The number of nitrogens with two attached hydrogens (primary N) is 1. The molecule has 20 heavy (non-hydrogen) atoms. The van der Waals surface area contributed by atoms with Crippen LogP contribution < -0.4 is 10.5 Å². The third-order valence-electron chi connectivity index (χ3n) is 2.91. The van der Waals surface area contributed by atoms with Gasteiger partial charge in [-0.3, -0.25) is 9.78 Å². The van der Waals surface area contributed by atoms with Crippen molar-refractivity contribution in [3.05, 3.63) is 47.8 Å². The van der Waals surface area contributed by atoms with Crippen molar-refractivity contribution in [2.24, 2.45) is 0 Å². The summed E-state index contributed by atoms with van der Waals surface area (Å²) in [6.07, 6.45) is 1.55. The van der Waals surface area contributed by atoms with Crippen molar-refractivity contribution in [3.8, 4) is 11.5 Å². The fourth-order valence-electron chi connectivity index (χ4n) is 1.69. The zero-order chi connectivity index (χ0) is 14.7. The molecule has 2 N–H and O–H groups in total. The predicted molar refractivity (Wildman–Crippen MR) is 77.9 cm³/mol. The smallest absolute Gasteiger partial charge is 0.272 e. The zero-order valence-corrected chi connectivity index (χ0v) is 11.8. The van der Waals surface area contributed by atoms with Crippen LogP contribution in [0.15, 0.2) is 36.5 Å². The summed E-state index contributed by atoms with van der Waals surface area (Å²) in [4.78, 5) is 17.4. The number of anilines is 1. The van der Waals surface area contributed by atoms with Gasteiger partial charge in [0, 0.05) is 37.6 Å². The maximum absolute atomic E-state index is 11.9. The summed E-state index contributed by atoms with van der Waals surface area (Å²) in [5, 5.41) is 0. The second-order valence-corrected chi connectivity index (χ2v) is 4.65. The first-order valence-electron chi connectivity index (χ1n) is 6.19. The molecule has 2 rings (SSSR count). The highest BCUT2D eigenvalue weighted by atomic mass is 16.5. The summed E-state index contributed by atoms with van der Waals surface area (Å²) in [6, 6.07) is 8.79. The van der Waals surface area contributed by atoms with Crippen LogP contribution in [0.2, 0.25) is 0 Å². The van der Waals surface area contributed by atoms with Crippen LogP contribution in [0, 0.1) is 6.92 Å². The molecule has 0 aliphatic heterocycles. The molecule has 0 atom stereocenters. The van der Waals surface area contributed by atoms with Crippen LogP contribution in [0.25, 0.3) is 0 Å². The van der Waals surface area contributed by atoms with Crippen molar-refractivity contribution in [1.29, 1.82) is 0 Å². The van der Waals surface area contributed by atoms with Crippen molar-refractivity contribution >= 4 is 11.6 Å². The summed E-state index contributed by atoms with van der Waals surface area (Å²) < 4.78 is 5.77. The van der Waals surface area contributed by atoms with Gasteiger partial charge in [-0.15, -0.1) is 0 Å². The van der Waals surface area contributed by atoms with Gasteiger partial charge in [-0.2, -0.15) is 0 Å². The van der Waals surface area contributed by atoms with Gasteiger partial charge >= 0.3 is 0 Å². The van der Waals surface area contributed by atoms with Crippen molar-refractivity contribution in [3.63, 3.8) is 0 Å². The Bertz CT molecular complexity index is 639. The molecule has 1 amide bonds. The zero-order valence-electron chi connectivity index (χ0n) is 11.8. The molecule has 0 saturated heterocycles. The Kier molecular flexibility index (Phi) is 3.89. The van der Waals surface area contributed by atoms with Crippen LogP contribution in [0.5, 0.6) is 11.5 Å². The number of aromatic nitrogens is 1. The SMILES string of the molecule is Cc1c(N)cccc1Oc1ccnc(C(=O)N(C)C)c1. The summed E-state index contributed by atoms with van der Waals surface area (Å²) >= 11 is 0. The molecule has 0 aliphatic rings. The predicted octanol–water partition coefficient (Wildman–Crippen LogP) is 2.47. The van der Waals surface area contributed by atoms with E-state index in [1.54, 1.807) is 32.4 Å². The number of hydrogen-bond acceptors (Lipinski definition) is 4. The van der Waals surface area contributed by atoms with E-state index in [1.807, 2.05) is 25.1 Å². The molecule has 1 heterocycles. The third kappa shape index (κ3) is 2.88. The first kappa shape index (κ1) is 13.9. The molecule has 104 valence electrons. The normalized spacial score (nSPS) is 10.2. The molecule has 0 saturated carbocycles. The molecule has 0 unspecified atom stereocenters. The van der Waals surface area contributed by atoms with Gasteiger partial charge in [0.15, 0.2) is 0 Å². The summed E-state index contributed by atoms with van der Waals surface area (Å²) in [7, 11) is 3.36. The first-order chi connectivity index (χ1) is 9.49. The van der Waals surface area contributed by atoms with Crippen molar-refractivity contribution in [2.45, 2.75) is 6.92 Å². The van der Waals surface area contributed by atoms with Crippen LogP contribution >= 0.6 is 0 Å². The number of amides is 1. The van der Waals surface area contributed by atoms with E-state index in [4.69, 9.17) is 10.5 Å². The van der Waals surface area contributed by atoms with Gasteiger partial charge in [0.2, 0.25) is 0 Å². The van der Waals surface area contributed by atoms with E-state index in [1.165, 1.54) is 4.90 Å². The molecule has 2 aromatic rings. The molecule has 1 aromatic heterocycles. The Labute approximate surface area is 118 Å². The minimum Gasteiger partial charge on any atom is -0.457 e. The highest BCUT2D eigenvalue weighted by Gasteiger charge is 2.11. The average molecular weight is 271 g/mol. The molecule has 5 nitrogen and oxygen atoms in total. The van der Waals surface area contributed by atoms with Gasteiger partial charge in [0.25, 0.3) is 5.91 Å². The minimum absolute atomic E-state index is 0.167. The van der Waals surface area contributed by atoms with Gasteiger partial charge in [-0.1, -0.05) is 6.07 Å². The Morgan fingerprint density at radius 2 is 2.05 bits per heavy atom. The van der Waals surface area contributed by atoms with Crippen LogP contribution in [0.1, 0.15) is 16.1 Å². The fourth-order valence-corrected chi connectivity index (χ4v) is 1.69. The molecule has 5 heteroatoms. The number of carbonyl (C=O) groups excluding carboxylic acids is 1. The van der Waals surface area contributed by atoms with Gasteiger partial charge in [0.05, 0.1) is 0 Å². The van der Waals surface area contributed by atoms with Crippen LogP contribution in [0.4, 0.5) is 5.69 Å². The highest BCUT2D eigenvalue weighted by molar-refractivity contribution is 5.92. The van der Waals surface area contributed by atoms with Crippen LogP contribution in [-0.2, 0) is 0 Å². The standard InChI is InChI=1S/C15H17N3O2/c1-10-12(16)5-4-6-14(10)20-11-7-8-17-13(9-11)15(19)18(2)3/h4-9H,16H2,1-3H3. The largest absolute Gasteiger partial charge is 0.457 e. The Morgan fingerprint density at radius 3 is 2.75 bits per heavy atom. The minimum atomic E-state index is -0.167. The molecule has 0 radical (unpaired) electrons. The number of hydrogen-bond donors (Lipinski definition) is 1. The maximum atomic E-state index is 11.9. The lowest BCUT2D eigenvalue weighted by molar-refractivity contribution is 0.0821. The molecule has 0 bridgehead atoms. The number of nitrogens with zero attached hydrogens (tertiary/aromatic N) is 2. The number of benzene rings is 1. The van der Waals surface area contributed by atoms with Gasteiger partial charge in [-0.25, -0.2) is 0 Å². The second kappa shape index (κ2) is 5.61. The summed E-state index contributed by atoms with van der Waals surface area (Å²) in [5.74, 6) is 1.05. The number of rotatable bonds is 3. The van der Waals surface area contributed by atoms with E-state index in [2.05, 4.69) is 4.98 Å². The van der Waals surface area contributed by atoms with Gasteiger partial charge < -0.3 is 15.4 Å². The van der Waals surface area contributed by atoms with Crippen molar-refractivity contribution < 1.29 is 9.53 Å². The molecular weight excluding hydrogens is 254 g/mol. The summed E-state index contributed by atoms with van der Waals surface area (Å²) in [5.41, 5.74) is 7.71. The number of pyridine rings is 1. The van der Waals surface area contributed by atoms with E-state index in [-0.39, 0.29) is 5.91 Å². The number of carbonyl (C=O) groups is 1. The van der Waals surface area contributed by atoms with Crippen molar-refractivity contribution in [2.75, 3.05) is 19.8 Å². The fraction of sp³-hybridized carbons (Fsp3) is 0.200. The van der Waals surface area contributed by atoms with Gasteiger partial charge in [-0.05, 0) is 25.1 Å². The molecule has 1 aromatic carbocycles. The maximum Gasteiger partial charge on any atom is 0.272 e. The summed E-state index contributed by atoms with van der Waals surface area (Å²) in [6.45, 7) is 1.89. The molecular formula is C15H17N3O2. The topological polar surface area (TPSA) is 68.5 Å². The quantitative estimate of drug-likeness (QED) is 0.871. The monoisotopic (exact) mass is 271 g/mol. The number of ether oxygens (including phenoxy) is 1. The van der Waals surface area contributed by atoms with E-state index in [0.717, 1.165) is 5.56 Å². The first-order valence-corrected chi connectivity index (χ1v) is 6.19. The Balaban J connectivity index is 2.28. The Hall–Kier alpha value is -2.56. The lowest BCUT2D eigenvalue weighted by Crippen LogP contribution is -2.22. The van der Waals surface area contributed by atoms with Crippen LogP contribution in [-0.4, -0.2) is 29.9 Å². The van der Waals surface area contributed by atoms with Crippen molar-refractivity contribution in [1.82, 2.24) is 9.88 Å². The second-order valence-electron chi connectivity index (χ2n) is 4.65. The average Bonchev–Trinajstić information content (AvgIpc) is 2.43. The highest BCUT2D eigenvalue weighted by Crippen LogP contribution is 2.28. The molecule has 0 fully saturated rings. The molecule has 0 aliphatic carbocycles. The molecule has 0 spiro atoms. The van der Waals surface area contributed by atoms with Gasteiger partial charge in [0.1, 0.15) is 17.2 Å².